The number of amides is 1. The lowest BCUT2D eigenvalue weighted by Crippen LogP contribution is -2.46. The largest absolute Gasteiger partial charge is 0.349 e. The van der Waals surface area contributed by atoms with Crippen LogP contribution in [0.5, 0.6) is 0 Å². The van der Waals surface area contributed by atoms with Gasteiger partial charge in [0.2, 0.25) is 15.9 Å². The number of nitrogens with one attached hydrogen (secondary N) is 1. The van der Waals surface area contributed by atoms with E-state index >= 15 is 0 Å². The number of carbonyl (C=O) groups is 1. The molecule has 0 bridgehead atoms. The lowest BCUT2D eigenvalue weighted by Gasteiger charge is -2.32. The van der Waals surface area contributed by atoms with Crippen molar-refractivity contribution in [3.8, 4) is 0 Å². The number of carbonyl (C=O) groups excluding carboxylic acids is 1. The van der Waals surface area contributed by atoms with E-state index in [9.17, 15) is 17.6 Å². The molecular formula is C21H23Cl2FN2O3S. The summed E-state index contributed by atoms with van der Waals surface area (Å²) in [5, 5.41) is 3.49. The Labute approximate surface area is 186 Å². The minimum absolute atomic E-state index is 0.104. The van der Waals surface area contributed by atoms with Crippen molar-refractivity contribution in [3.63, 3.8) is 0 Å². The van der Waals surface area contributed by atoms with Crippen molar-refractivity contribution in [3.05, 3.63) is 69.5 Å². The third-order valence-corrected chi connectivity index (χ3v) is 7.75. The molecule has 2 aromatic rings. The summed E-state index contributed by atoms with van der Waals surface area (Å²) < 4.78 is 40.3. The first kappa shape index (κ1) is 23.0. The van der Waals surface area contributed by atoms with E-state index in [4.69, 9.17) is 23.2 Å². The van der Waals surface area contributed by atoms with E-state index in [1.807, 2.05) is 6.92 Å². The third-order valence-electron chi connectivity index (χ3n) is 5.27. The molecule has 162 valence electrons. The maximum Gasteiger partial charge on any atom is 0.224 e. The zero-order chi connectivity index (χ0) is 21.9. The first-order chi connectivity index (χ1) is 14.2. The Balaban J connectivity index is 1.66. The number of hydrogen-bond donors (Lipinski definition) is 1. The molecule has 0 aromatic heterocycles. The molecule has 1 aliphatic heterocycles. The number of nitrogens with zero attached hydrogens (tertiary/aromatic N) is 1. The van der Waals surface area contributed by atoms with Crippen molar-refractivity contribution in [1.82, 2.24) is 9.62 Å². The highest BCUT2D eigenvalue weighted by Gasteiger charge is 2.33. The average molecular weight is 473 g/mol. The molecule has 1 N–H and O–H groups in total. The predicted molar refractivity (Wildman–Crippen MR) is 116 cm³/mol. The predicted octanol–water partition coefficient (Wildman–Crippen LogP) is 4.55. The lowest BCUT2D eigenvalue weighted by atomic mass is 9.98. The van der Waals surface area contributed by atoms with E-state index in [1.165, 1.54) is 16.4 Å². The van der Waals surface area contributed by atoms with Crippen molar-refractivity contribution >= 4 is 39.1 Å². The van der Waals surface area contributed by atoms with Gasteiger partial charge < -0.3 is 5.32 Å². The highest BCUT2D eigenvalue weighted by atomic mass is 35.5. The molecule has 30 heavy (non-hydrogen) atoms. The summed E-state index contributed by atoms with van der Waals surface area (Å²) in [6.45, 7) is 2.26. The van der Waals surface area contributed by atoms with Gasteiger partial charge in [-0.3, -0.25) is 4.79 Å². The summed E-state index contributed by atoms with van der Waals surface area (Å²) in [5.41, 5.74) is 1.13. The van der Waals surface area contributed by atoms with Gasteiger partial charge in [-0.05, 0) is 49.6 Å². The van der Waals surface area contributed by atoms with Crippen LogP contribution in [-0.4, -0.2) is 31.7 Å². The van der Waals surface area contributed by atoms with Gasteiger partial charge in [0.25, 0.3) is 0 Å². The molecule has 9 heteroatoms. The van der Waals surface area contributed by atoms with Crippen molar-refractivity contribution in [2.75, 3.05) is 13.1 Å². The summed E-state index contributed by atoms with van der Waals surface area (Å²) in [6.07, 6.45) is 1.18. The fourth-order valence-corrected chi connectivity index (χ4v) is 5.88. The summed E-state index contributed by atoms with van der Waals surface area (Å²) in [7, 11) is -3.69. The first-order valence-corrected chi connectivity index (χ1v) is 12.0. The third kappa shape index (κ3) is 5.52. The van der Waals surface area contributed by atoms with Crippen molar-refractivity contribution in [2.24, 2.45) is 5.92 Å². The van der Waals surface area contributed by atoms with Crippen LogP contribution in [0, 0.1) is 11.7 Å². The van der Waals surface area contributed by atoms with Crippen molar-refractivity contribution in [2.45, 2.75) is 31.6 Å². The topological polar surface area (TPSA) is 66.5 Å². The molecule has 1 heterocycles. The Morgan fingerprint density at radius 2 is 1.83 bits per heavy atom. The second-order valence-corrected chi connectivity index (χ2v) is 10.2. The molecule has 1 saturated heterocycles. The van der Waals surface area contributed by atoms with Gasteiger partial charge in [-0.25, -0.2) is 17.1 Å². The first-order valence-electron chi connectivity index (χ1n) is 9.64. The van der Waals surface area contributed by atoms with E-state index < -0.39 is 15.9 Å². The van der Waals surface area contributed by atoms with E-state index in [1.54, 1.807) is 30.3 Å². The van der Waals surface area contributed by atoms with Crippen LogP contribution in [0.1, 0.15) is 36.9 Å². The summed E-state index contributed by atoms with van der Waals surface area (Å²) in [6, 6.07) is 10.5. The van der Waals surface area contributed by atoms with Gasteiger partial charge in [0, 0.05) is 28.7 Å². The van der Waals surface area contributed by atoms with Crippen molar-refractivity contribution in [1.29, 1.82) is 0 Å². The number of benzene rings is 2. The maximum atomic E-state index is 13.1. The average Bonchev–Trinajstić information content (AvgIpc) is 2.71. The van der Waals surface area contributed by atoms with Gasteiger partial charge in [-0.2, -0.15) is 0 Å². The van der Waals surface area contributed by atoms with Crippen LogP contribution in [0.2, 0.25) is 10.0 Å². The quantitative estimate of drug-likeness (QED) is 0.670. The molecule has 2 atom stereocenters. The number of piperidine rings is 1. The molecule has 0 aliphatic carbocycles. The summed E-state index contributed by atoms with van der Waals surface area (Å²) in [5.74, 6) is -1.34. The Bertz CT molecular complexity index is 995. The number of rotatable bonds is 6. The van der Waals surface area contributed by atoms with E-state index in [0.717, 1.165) is 5.56 Å². The highest BCUT2D eigenvalue weighted by Crippen LogP contribution is 2.29. The van der Waals surface area contributed by atoms with Crippen LogP contribution in [-0.2, 0) is 20.6 Å². The van der Waals surface area contributed by atoms with Crippen LogP contribution in [0.3, 0.4) is 0 Å². The summed E-state index contributed by atoms with van der Waals surface area (Å²) in [4.78, 5) is 12.7. The molecule has 0 unspecified atom stereocenters. The monoisotopic (exact) mass is 472 g/mol. The van der Waals surface area contributed by atoms with Gasteiger partial charge in [0.15, 0.2) is 0 Å². The fourth-order valence-electron chi connectivity index (χ4n) is 3.52. The molecule has 2 aromatic carbocycles. The van der Waals surface area contributed by atoms with Gasteiger partial charge in [0.05, 0.1) is 17.7 Å². The van der Waals surface area contributed by atoms with Gasteiger partial charge >= 0.3 is 0 Å². The van der Waals surface area contributed by atoms with Gasteiger partial charge in [-0.15, -0.1) is 0 Å². The Kier molecular flexibility index (Phi) is 7.39. The highest BCUT2D eigenvalue weighted by molar-refractivity contribution is 7.88. The molecule has 5 nitrogen and oxygen atoms in total. The van der Waals surface area contributed by atoms with Crippen LogP contribution in [0.25, 0.3) is 0 Å². The summed E-state index contributed by atoms with van der Waals surface area (Å²) >= 11 is 12.2. The molecule has 1 aliphatic rings. The van der Waals surface area contributed by atoms with Gasteiger partial charge in [0.1, 0.15) is 5.82 Å². The van der Waals surface area contributed by atoms with E-state index in [2.05, 4.69) is 5.32 Å². The maximum absolute atomic E-state index is 13.1. The smallest absolute Gasteiger partial charge is 0.224 e. The molecule has 0 radical (unpaired) electrons. The van der Waals surface area contributed by atoms with Gasteiger partial charge in [-0.1, -0.05) is 41.4 Å². The standard InChI is InChI=1S/C21H23Cl2FN2O3S/c1-14(15-7-9-17(24)10-8-15)25-21(27)16-4-3-11-26(12-16)30(28,29)13-18-19(22)5-2-6-20(18)23/h2,5-10,14,16H,3-4,11-13H2,1H3,(H,25,27)/t14-,16-/m1/s1. The molecule has 1 amide bonds. The Morgan fingerprint density at radius 1 is 1.20 bits per heavy atom. The Hall–Kier alpha value is -1.67. The minimum atomic E-state index is -3.69. The zero-order valence-corrected chi connectivity index (χ0v) is 18.8. The Morgan fingerprint density at radius 3 is 2.47 bits per heavy atom. The molecule has 0 saturated carbocycles. The van der Waals surface area contributed by atoms with Crippen molar-refractivity contribution < 1.29 is 17.6 Å². The molecule has 3 rings (SSSR count). The van der Waals surface area contributed by atoms with Crippen LogP contribution >= 0.6 is 23.2 Å². The number of hydrogen-bond acceptors (Lipinski definition) is 3. The van der Waals surface area contributed by atoms with E-state index in [-0.39, 0.29) is 30.1 Å². The molecule has 1 fully saturated rings. The number of sulfonamides is 1. The fraction of sp³-hybridized carbons (Fsp3) is 0.381. The van der Waals surface area contributed by atoms with Crippen LogP contribution in [0.4, 0.5) is 4.39 Å². The van der Waals surface area contributed by atoms with Crippen LogP contribution in [0.15, 0.2) is 42.5 Å². The van der Waals surface area contributed by atoms with Crippen LogP contribution < -0.4 is 5.32 Å². The zero-order valence-electron chi connectivity index (χ0n) is 16.4. The SMILES string of the molecule is C[C@@H](NC(=O)[C@@H]1CCCN(S(=O)(=O)Cc2c(Cl)cccc2Cl)C1)c1ccc(F)cc1. The second kappa shape index (κ2) is 9.64. The minimum Gasteiger partial charge on any atom is -0.349 e. The normalized spacial score (nSPS) is 18.7. The lowest BCUT2D eigenvalue weighted by molar-refractivity contribution is -0.126. The molecular weight excluding hydrogens is 450 g/mol. The second-order valence-electron chi connectivity index (χ2n) is 7.44. The van der Waals surface area contributed by atoms with E-state index in [0.29, 0.717) is 35.0 Å². The molecule has 0 spiro atoms. The number of halogens is 3.